The van der Waals surface area contributed by atoms with Crippen LogP contribution >= 0.6 is 23.2 Å². The van der Waals surface area contributed by atoms with Crippen LogP contribution in [0.25, 0.3) is 0 Å². The van der Waals surface area contributed by atoms with E-state index in [2.05, 4.69) is 21.9 Å². The number of aromatic nitrogens is 2. The Hall–Kier alpha value is -0.800. The van der Waals surface area contributed by atoms with E-state index in [1.807, 2.05) is 6.92 Å². The minimum Gasteiger partial charge on any atom is -0.365 e. The zero-order valence-electron chi connectivity index (χ0n) is 8.06. The molecule has 1 aromatic heterocycles. The first-order valence-electron chi connectivity index (χ1n) is 4.08. The zero-order chi connectivity index (χ0) is 10.7. The summed E-state index contributed by atoms with van der Waals surface area (Å²) in [5.74, 6) is 1.33. The molecule has 0 atom stereocenters. The van der Waals surface area contributed by atoms with Crippen molar-refractivity contribution in [2.75, 3.05) is 11.9 Å². The van der Waals surface area contributed by atoms with E-state index in [1.165, 1.54) is 0 Å². The second-order valence-electron chi connectivity index (χ2n) is 2.91. The van der Waals surface area contributed by atoms with Crippen molar-refractivity contribution >= 4 is 29.0 Å². The maximum Gasteiger partial charge on any atom is 0.137 e. The van der Waals surface area contributed by atoms with Gasteiger partial charge in [-0.1, -0.05) is 29.8 Å². The lowest BCUT2D eigenvalue weighted by Gasteiger charge is -2.09. The van der Waals surface area contributed by atoms with Gasteiger partial charge >= 0.3 is 0 Å². The number of hydrogen-bond donors (Lipinski definition) is 1. The molecule has 0 aliphatic heterocycles. The molecule has 14 heavy (non-hydrogen) atoms. The number of hydrogen-bond acceptors (Lipinski definition) is 3. The summed E-state index contributed by atoms with van der Waals surface area (Å²) in [5.41, 5.74) is 0.815. The maximum atomic E-state index is 5.89. The van der Waals surface area contributed by atoms with Crippen molar-refractivity contribution in [3.8, 4) is 0 Å². The predicted molar refractivity (Wildman–Crippen MR) is 60.0 cm³/mol. The lowest BCUT2D eigenvalue weighted by Crippen LogP contribution is -2.07. The standard InChI is InChI=1S/C9H11Cl2N3/c1-5(10)4-12-9-6(2)8(11)13-7(3)14-9/h1,4H2,2-3H3,(H,12,13,14). The molecule has 0 spiro atoms. The molecule has 1 aromatic rings. The van der Waals surface area contributed by atoms with E-state index in [9.17, 15) is 0 Å². The fourth-order valence-corrected chi connectivity index (χ4v) is 1.22. The molecule has 0 aliphatic carbocycles. The number of halogens is 2. The van der Waals surface area contributed by atoms with Gasteiger partial charge in [-0.3, -0.25) is 0 Å². The molecule has 1 rings (SSSR count). The third-order valence-corrected chi connectivity index (χ3v) is 2.15. The van der Waals surface area contributed by atoms with Gasteiger partial charge in [0.1, 0.15) is 16.8 Å². The summed E-state index contributed by atoms with van der Waals surface area (Å²) in [7, 11) is 0. The number of rotatable bonds is 3. The van der Waals surface area contributed by atoms with Crippen molar-refractivity contribution in [3.63, 3.8) is 0 Å². The number of anilines is 1. The molecule has 76 valence electrons. The molecule has 1 N–H and O–H groups in total. The predicted octanol–water partition coefficient (Wildman–Crippen LogP) is 2.91. The van der Waals surface area contributed by atoms with Gasteiger partial charge in [-0.15, -0.1) is 0 Å². The molecule has 3 nitrogen and oxygen atoms in total. The molecule has 0 unspecified atom stereocenters. The van der Waals surface area contributed by atoms with Gasteiger partial charge in [-0.2, -0.15) is 0 Å². The summed E-state index contributed by atoms with van der Waals surface area (Å²) >= 11 is 11.5. The lowest BCUT2D eigenvalue weighted by atomic mass is 10.3. The van der Waals surface area contributed by atoms with Crippen LogP contribution in [0, 0.1) is 13.8 Å². The van der Waals surface area contributed by atoms with Gasteiger partial charge < -0.3 is 5.32 Å². The van der Waals surface area contributed by atoms with E-state index in [-0.39, 0.29) is 0 Å². The summed E-state index contributed by atoms with van der Waals surface area (Å²) in [5, 5.41) is 4.01. The molecule has 0 aliphatic rings. The second-order valence-corrected chi connectivity index (χ2v) is 3.80. The summed E-state index contributed by atoms with van der Waals surface area (Å²) < 4.78 is 0. The van der Waals surface area contributed by atoms with Gasteiger partial charge in [0, 0.05) is 10.6 Å². The van der Waals surface area contributed by atoms with Gasteiger partial charge in [0.25, 0.3) is 0 Å². The topological polar surface area (TPSA) is 37.8 Å². The molecular formula is C9H11Cl2N3. The van der Waals surface area contributed by atoms with E-state index < -0.39 is 0 Å². The highest BCUT2D eigenvalue weighted by atomic mass is 35.5. The van der Waals surface area contributed by atoms with Gasteiger partial charge in [0.15, 0.2) is 0 Å². The Labute approximate surface area is 93.2 Å². The normalized spacial score (nSPS) is 10.0. The van der Waals surface area contributed by atoms with Gasteiger partial charge in [-0.05, 0) is 13.8 Å². The average Bonchev–Trinajstić information content (AvgIpc) is 2.08. The van der Waals surface area contributed by atoms with Crippen LogP contribution in [0.2, 0.25) is 5.15 Å². The highest BCUT2D eigenvalue weighted by molar-refractivity contribution is 6.30. The van der Waals surface area contributed by atoms with Crippen LogP contribution < -0.4 is 5.32 Å². The van der Waals surface area contributed by atoms with E-state index in [0.717, 1.165) is 5.56 Å². The Morgan fingerprint density at radius 2 is 2.07 bits per heavy atom. The smallest absolute Gasteiger partial charge is 0.137 e. The largest absolute Gasteiger partial charge is 0.365 e. The van der Waals surface area contributed by atoms with Crippen LogP contribution in [0.15, 0.2) is 11.6 Å². The first-order valence-corrected chi connectivity index (χ1v) is 4.84. The van der Waals surface area contributed by atoms with E-state index >= 15 is 0 Å². The summed E-state index contributed by atoms with van der Waals surface area (Å²) in [6.45, 7) is 7.67. The summed E-state index contributed by atoms with van der Waals surface area (Å²) in [6.07, 6.45) is 0. The Morgan fingerprint density at radius 1 is 1.43 bits per heavy atom. The van der Waals surface area contributed by atoms with Crippen LogP contribution in [0.1, 0.15) is 11.4 Å². The zero-order valence-corrected chi connectivity index (χ0v) is 9.58. The molecular weight excluding hydrogens is 221 g/mol. The van der Waals surface area contributed by atoms with Crippen molar-refractivity contribution in [1.82, 2.24) is 9.97 Å². The average molecular weight is 232 g/mol. The third-order valence-electron chi connectivity index (χ3n) is 1.65. The van der Waals surface area contributed by atoms with Crippen LogP contribution in [0.5, 0.6) is 0 Å². The molecule has 0 fully saturated rings. The van der Waals surface area contributed by atoms with Gasteiger partial charge in [-0.25, -0.2) is 9.97 Å². The molecule has 1 heterocycles. The molecule has 0 radical (unpaired) electrons. The first kappa shape index (κ1) is 11.3. The lowest BCUT2D eigenvalue weighted by molar-refractivity contribution is 1.02. The van der Waals surface area contributed by atoms with Crippen LogP contribution in [0.3, 0.4) is 0 Å². The Bertz CT molecular complexity index is 363. The van der Waals surface area contributed by atoms with Crippen molar-refractivity contribution in [3.05, 3.63) is 28.2 Å². The maximum absolute atomic E-state index is 5.89. The van der Waals surface area contributed by atoms with E-state index in [4.69, 9.17) is 23.2 Å². The first-order chi connectivity index (χ1) is 6.50. The monoisotopic (exact) mass is 231 g/mol. The molecule has 0 saturated carbocycles. The highest BCUT2D eigenvalue weighted by Gasteiger charge is 2.06. The number of nitrogens with zero attached hydrogens (tertiary/aromatic N) is 2. The van der Waals surface area contributed by atoms with Crippen molar-refractivity contribution < 1.29 is 0 Å². The Balaban J connectivity index is 2.90. The summed E-state index contributed by atoms with van der Waals surface area (Å²) in [4.78, 5) is 8.22. The second kappa shape index (κ2) is 4.62. The number of nitrogens with one attached hydrogen (secondary N) is 1. The minimum absolute atomic E-state index is 0.459. The van der Waals surface area contributed by atoms with Gasteiger partial charge in [0.2, 0.25) is 0 Å². The minimum atomic E-state index is 0.459. The quantitative estimate of drug-likeness (QED) is 0.814. The van der Waals surface area contributed by atoms with E-state index in [1.54, 1.807) is 6.92 Å². The molecule has 0 amide bonds. The van der Waals surface area contributed by atoms with E-state index in [0.29, 0.717) is 28.4 Å². The van der Waals surface area contributed by atoms with Crippen molar-refractivity contribution in [2.45, 2.75) is 13.8 Å². The summed E-state index contributed by atoms with van der Waals surface area (Å²) in [6, 6.07) is 0. The molecule has 0 bridgehead atoms. The van der Waals surface area contributed by atoms with Crippen LogP contribution in [-0.2, 0) is 0 Å². The fraction of sp³-hybridized carbons (Fsp3) is 0.333. The van der Waals surface area contributed by atoms with Crippen molar-refractivity contribution in [1.29, 1.82) is 0 Å². The third kappa shape index (κ3) is 2.86. The molecule has 0 saturated heterocycles. The SMILES string of the molecule is C=C(Cl)CNc1nc(C)nc(Cl)c1C. The Kier molecular flexibility index (Phi) is 3.72. The van der Waals surface area contributed by atoms with Crippen molar-refractivity contribution in [2.24, 2.45) is 0 Å². The number of aryl methyl sites for hydroxylation is 1. The van der Waals surface area contributed by atoms with Crippen LogP contribution in [0.4, 0.5) is 5.82 Å². The fourth-order valence-electron chi connectivity index (χ4n) is 0.946. The van der Waals surface area contributed by atoms with Gasteiger partial charge in [0.05, 0.1) is 6.54 Å². The molecule has 0 aromatic carbocycles. The Morgan fingerprint density at radius 3 is 2.64 bits per heavy atom. The van der Waals surface area contributed by atoms with Crippen LogP contribution in [-0.4, -0.2) is 16.5 Å². The highest BCUT2D eigenvalue weighted by Crippen LogP contribution is 2.19. The molecule has 5 heteroatoms.